The molecule has 0 spiro atoms. The number of H-pyrrole nitrogens is 1. The summed E-state index contributed by atoms with van der Waals surface area (Å²) in [7, 11) is -16.9. The van der Waals surface area contributed by atoms with Gasteiger partial charge in [0.05, 0.1) is 6.61 Å². The Hall–Kier alpha value is -1.72. The van der Waals surface area contributed by atoms with Crippen LogP contribution in [0.3, 0.4) is 0 Å². The molecule has 2 heterocycles. The number of phosphoric acid groups is 3. The Morgan fingerprint density at radius 2 is 1.77 bits per heavy atom. The van der Waals surface area contributed by atoms with Gasteiger partial charge in [-0.1, -0.05) is 5.11 Å². The van der Waals surface area contributed by atoms with E-state index in [1.165, 1.54) is 0 Å². The van der Waals surface area contributed by atoms with Gasteiger partial charge in [0, 0.05) is 23.2 Å². The van der Waals surface area contributed by atoms with Gasteiger partial charge in [-0.2, -0.15) is 8.62 Å². The van der Waals surface area contributed by atoms with Crippen LogP contribution in [-0.4, -0.2) is 70.8 Å². The predicted molar refractivity (Wildman–Crippen MR) is 109 cm³/mol. The molecular weight excluding hydrogens is 547 g/mol. The zero-order valence-electron chi connectivity index (χ0n) is 17.2. The number of nitrogens with one attached hydrogen (secondary N) is 1. The fourth-order valence-corrected chi connectivity index (χ4v) is 5.88. The van der Waals surface area contributed by atoms with E-state index in [2.05, 4.69) is 23.2 Å². The summed E-state index contributed by atoms with van der Waals surface area (Å²) >= 11 is 0. The van der Waals surface area contributed by atoms with Crippen molar-refractivity contribution in [3.8, 4) is 0 Å². The molecular formula is C12H20N5O15P3. The summed E-state index contributed by atoms with van der Waals surface area (Å²) in [5, 5.41) is 23.7. The Morgan fingerprint density at radius 3 is 2.37 bits per heavy atom. The van der Waals surface area contributed by atoms with Crippen LogP contribution < -0.4 is 11.2 Å². The molecule has 20 nitrogen and oxygen atoms in total. The molecule has 0 aromatic carbocycles. The van der Waals surface area contributed by atoms with Gasteiger partial charge in [0.2, 0.25) is 0 Å². The average Bonchev–Trinajstić information content (AvgIpc) is 2.97. The van der Waals surface area contributed by atoms with Gasteiger partial charge in [0.1, 0.15) is 18.3 Å². The molecule has 0 amide bonds. The fraction of sp³-hybridized carbons (Fsp3) is 0.667. The summed E-state index contributed by atoms with van der Waals surface area (Å²) in [5.41, 5.74) is 6.52. The quantitative estimate of drug-likeness (QED) is 0.0510. The highest BCUT2D eigenvalue weighted by Gasteiger charge is 2.46. The molecule has 35 heavy (non-hydrogen) atoms. The van der Waals surface area contributed by atoms with Crippen molar-refractivity contribution in [1.29, 1.82) is 0 Å². The first-order valence-electron chi connectivity index (χ1n) is 9.20. The Balaban J connectivity index is 2.12. The summed E-state index contributed by atoms with van der Waals surface area (Å²) in [6, 6.07) is 0. The first-order chi connectivity index (χ1) is 16.1. The molecule has 198 valence electrons. The molecule has 6 atom stereocenters. The van der Waals surface area contributed by atoms with E-state index in [4.69, 9.17) is 24.9 Å². The minimum atomic E-state index is -5.77. The van der Waals surface area contributed by atoms with E-state index in [0.717, 1.165) is 10.8 Å². The fourth-order valence-electron chi connectivity index (χ4n) is 2.85. The number of rotatable bonds is 12. The number of hydrogen-bond acceptors (Lipinski definition) is 12. The smallest absolute Gasteiger partial charge is 0.387 e. The third-order valence-electron chi connectivity index (χ3n) is 4.24. The third-order valence-corrected chi connectivity index (χ3v) is 8.04. The Labute approximate surface area is 193 Å². The molecule has 1 aliphatic rings. The molecule has 1 aromatic rings. The monoisotopic (exact) mass is 567 g/mol. The lowest BCUT2D eigenvalue weighted by atomic mass is 10.1. The van der Waals surface area contributed by atoms with Crippen molar-refractivity contribution >= 4 is 23.5 Å². The van der Waals surface area contributed by atoms with Gasteiger partial charge in [-0.05, 0) is 18.4 Å². The van der Waals surface area contributed by atoms with Crippen LogP contribution >= 0.6 is 23.5 Å². The minimum Gasteiger partial charge on any atom is -0.387 e. The number of nitrogens with zero attached hydrogens (tertiary/aromatic N) is 4. The second kappa shape index (κ2) is 11.6. The second-order valence-electron chi connectivity index (χ2n) is 6.81. The minimum absolute atomic E-state index is 0.0414. The van der Waals surface area contributed by atoms with E-state index in [0.29, 0.717) is 0 Å². The summed E-state index contributed by atoms with van der Waals surface area (Å²) in [6.07, 6.45) is -5.60. The van der Waals surface area contributed by atoms with Crippen molar-refractivity contribution in [1.82, 2.24) is 9.55 Å². The highest BCUT2D eigenvalue weighted by molar-refractivity contribution is 7.66. The lowest BCUT2D eigenvalue weighted by Gasteiger charge is -2.19. The molecule has 7 N–H and O–H groups in total. The molecule has 0 aliphatic carbocycles. The van der Waals surface area contributed by atoms with Crippen LogP contribution in [0.1, 0.15) is 18.2 Å². The topological polar surface area (TPSA) is 313 Å². The molecule has 2 rings (SSSR count). The number of aliphatic hydroxyl groups is 2. The van der Waals surface area contributed by atoms with Gasteiger partial charge >= 0.3 is 29.2 Å². The lowest BCUT2D eigenvalue weighted by Crippen LogP contribution is -2.39. The number of aromatic nitrogens is 2. The molecule has 1 aromatic heterocycles. The molecule has 0 bridgehead atoms. The van der Waals surface area contributed by atoms with E-state index >= 15 is 0 Å². The number of phosphoric ester groups is 1. The van der Waals surface area contributed by atoms with E-state index in [1.807, 2.05) is 4.98 Å². The van der Waals surface area contributed by atoms with Crippen LogP contribution in [0.4, 0.5) is 0 Å². The molecule has 1 fully saturated rings. The molecule has 2 unspecified atom stereocenters. The average molecular weight is 567 g/mol. The second-order valence-corrected chi connectivity index (χ2v) is 11.2. The maximum atomic E-state index is 12.2. The van der Waals surface area contributed by atoms with Gasteiger partial charge in [-0.15, -0.1) is 0 Å². The van der Waals surface area contributed by atoms with Crippen molar-refractivity contribution < 1.29 is 61.4 Å². The largest absolute Gasteiger partial charge is 0.490 e. The SMILES string of the molecule is [N-]=[N+]=NCCCc1cn([C@@H]2O[C@H](COP(=O)(O)OP(=O)(O)OP(=O)(O)O)[C@@H](O)[C@H]2O)c(=O)[nH]c1=O. The van der Waals surface area contributed by atoms with E-state index in [9.17, 15) is 38.4 Å². The summed E-state index contributed by atoms with van der Waals surface area (Å²) in [4.78, 5) is 64.3. The molecule has 1 saturated heterocycles. The van der Waals surface area contributed by atoms with Crippen LogP contribution in [0.25, 0.3) is 10.4 Å². The van der Waals surface area contributed by atoms with E-state index in [-0.39, 0.29) is 24.9 Å². The van der Waals surface area contributed by atoms with Crippen molar-refractivity contribution in [3.63, 3.8) is 0 Å². The highest BCUT2D eigenvalue weighted by Crippen LogP contribution is 2.66. The van der Waals surface area contributed by atoms with E-state index in [1.54, 1.807) is 0 Å². The summed E-state index contributed by atoms with van der Waals surface area (Å²) < 4.78 is 51.2. The van der Waals surface area contributed by atoms with Crippen molar-refractivity contribution in [2.45, 2.75) is 37.4 Å². The number of azide groups is 1. The summed E-state index contributed by atoms with van der Waals surface area (Å²) in [5.74, 6) is 0. The maximum Gasteiger partial charge on any atom is 0.490 e. The maximum absolute atomic E-state index is 12.2. The van der Waals surface area contributed by atoms with Gasteiger partial charge < -0.3 is 34.5 Å². The zero-order valence-corrected chi connectivity index (χ0v) is 19.9. The predicted octanol–water partition coefficient (Wildman–Crippen LogP) is -1.26. The van der Waals surface area contributed by atoms with Crippen molar-refractivity contribution in [3.05, 3.63) is 43.0 Å². The summed E-state index contributed by atoms with van der Waals surface area (Å²) in [6.45, 7) is -1.03. The first-order valence-corrected chi connectivity index (χ1v) is 13.7. The normalized spacial score (nSPS) is 26.0. The number of aliphatic hydroxyl groups excluding tert-OH is 2. The Kier molecular flexibility index (Phi) is 9.74. The van der Waals surface area contributed by atoms with Gasteiger partial charge in [-0.3, -0.25) is 18.9 Å². The number of aryl methyl sites for hydroxylation is 1. The van der Waals surface area contributed by atoms with Gasteiger partial charge in [0.25, 0.3) is 5.56 Å². The van der Waals surface area contributed by atoms with Gasteiger partial charge in [-0.25, -0.2) is 18.5 Å². The lowest BCUT2D eigenvalue weighted by molar-refractivity contribution is -0.0543. The number of aromatic amines is 1. The molecule has 0 saturated carbocycles. The van der Waals surface area contributed by atoms with Crippen molar-refractivity contribution in [2.75, 3.05) is 13.2 Å². The van der Waals surface area contributed by atoms with Crippen molar-refractivity contribution in [2.24, 2.45) is 5.11 Å². The number of ether oxygens (including phenoxy) is 1. The van der Waals surface area contributed by atoms with Crippen LogP contribution in [0.15, 0.2) is 20.9 Å². The third kappa shape index (κ3) is 8.71. The number of hydrogen-bond donors (Lipinski definition) is 7. The molecule has 0 radical (unpaired) electrons. The Morgan fingerprint density at radius 1 is 1.11 bits per heavy atom. The van der Waals surface area contributed by atoms with Crippen LogP contribution in [0.5, 0.6) is 0 Å². The van der Waals surface area contributed by atoms with Crippen LogP contribution in [-0.2, 0) is 38.0 Å². The van der Waals surface area contributed by atoms with Crippen LogP contribution in [0, 0.1) is 0 Å². The van der Waals surface area contributed by atoms with E-state index < -0.39 is 65.9 Å². The first kappa shape index (κ1) is 29.5. The molecule has 23 heteroatoms. The Bertz CT molecular complexity index is 1220. The molecule has 1 aliphatic heterocycles. The van der Waals surface area contributed by atoms with Crippen LogP contribution in [0.2, 0.25) is 0 Å². The van der Waals surface area contributed by atoms with Gasteiger partial charge in [0.15, 0.2) is 6.23 Å². The standard InChI is InChI=1S/C12H20N5O15P3/c13-16-14-3-1-2-6-4-17(12(21)15-10(6)20)11-9(19)8(18)7(30-11)5-29-34(25,26)32-35(27,28)31-33(22,23)24/h4,7-9,11,18-19H,1-3,5H2,(H,25,26)(H,27,28)(H,15,20,21)(H2,22,23,24)/t7-,8-,9-,11-/m1/s1. The zero-order chi connectivity index (χ0) is 26.6. The highest BCUT2D eigenvalue weighted by atomic mass is 31.3.